The van der Waals surface area contributed by atoms with Crippen LogP contribution in [0.3, 0.4) is 0 Å². The highest BCUT2D eigenvalue weighted by Crippen LogP contribution is 2.30. The minimum absolute atomic E-state index is 0.428. The number of rotatable bonds is 2. The van der Waals surface area contributed by atoms with E-state index in [0.29, 0.717) is 0 Å². The zero-order valence-electron chi connectivity index (χ0n) is 8.59. The third-order valence-electron chi connectivity index (χ3n) is 2.18. The normalized spacial score (nSPS) is 35.9. The highest BCUT2D eigenvalue weighted by molar-refractivity contribution is 7.87. The van der Waals surface area contributed by atoms with Gasteiger partial charge >= 0.3 is 15.6 Å². The van der Waals surface area contributed by atoms with Gasteiger partial charge < -0.3 is 14.9 Å². The summed E-state index contributed by atoms with van der Waals surface area (Å²) in [6, 6.07) is 0. The lowest BCUT2D eigenvalue weighted by atomic mass is 10.0. The molecule has 0 aromatic carbocycles. The molecule has 0 unspecified atom stereocenters. The van der Waals surface area contributed by atoms with Crippen molar-refractivity contribution in [2.75, 3.05) is 0 Å². The van der Waals surface area contributed by atoms with Crippen LogP contribution in [0.25, 0.3) is 0 Å². The van der Waals surface area contributed by atoms with Crippen LogP contribution in [0, 0.1) is 0 Å². The summed E-state index contributed by atoms with van der Waals surface area (Å²) >= 11 is 0. The Balaban J connectivity index is 2.81. The molecule has 17 heavy (non-hydrogen) atoms. The van der Waals surface area contributed by atoms with E-state index in [1.165, 1.54) is 6.92 Å². The molecule has 1 aliphatic rings. The molecule has 1 rings (SSSR count). The van der Waals surface area contributed by atoms with Crippen molar-refractivity contribution in [1.82, 2.24) is 0 Å². The lowest BCUT2D eigenvalue weighted by molar-refractivity contribution is -0.222. The second-order valence-corrected chi connectivity index (χ2v) is 5.12. The van der Waals surface area contributed by atoms with Crippen LogP contribution in [0.5, 0.6) is 0 Å². The van der Waals surface area contributed by atoms with E-state index in [4.69, 9.17) is 5.11 Å². The van der Waals surface area contributed by atoms with E-state index in [1.54, 1.807) is 0 Å². The summed E-state index contributed by atoms with van der Waals surface area (Å²) in [7, 11) is -5.80. The predicted octanol–water partition coefficient (Wildman–Crippen LogP) is -0.291. The Labute approximate surface area is 95.1 Å². The molecule has 102 valence electrons. The summed E-state index contributed by atoms with van der Waals surface area (Å²) in [4.78, 5) is 0. The molecule has 0 spiro atoms. The molecule has 10 heteroatoms. The zero-order chi connectivity index (χ0) is 13.4. The SMILES string of the molecule is C[C@H]1O[C@@H](O)C[C@H](O)[C@H]1OS(=O)(=O)C(F)(F)F. The average Bonchev–Trinajstić information content (AvgIpc) is 2.09. The highest BCUT2D eigenvalue weighted by atomic mass is 32.2. The number of alkyl halides is 3. The van der Waals surface area contributed by atoms with Crippen LogP contribution in [-0.2, 0) is 19.0 Å². The number of hydrogen-bond donors (Lipinski definition) is 2. The maximum absolute atomic E-state index is 12.0. The fraction of sp³-hybridized carbons (Fsp3) is 1.00. The van der Waals surface area contributed by atoms with E-state index in [0.717, 1.165) is 0 Å². The Kier molecular flexibility index (Phi) is 4.04. The first-order valence-corrected chi connectivity index (χ1v) is 5.96. The van der Waals surface area contributed by atoms with Gasteiger partial charge in [-0.05, 0) is 6.92 Å². The molecule has 1 saturated heterocycles. The molecule has 0 aromatic rings. The summed E-state index contributed by atoms with van der Waals surface area (Å²) in [5.74, 6) is 0. The first-order valence-electron chi connectivity index (χ1n) is 4.56. The first kappa shape index (κ1) is 14.6. The zero-order valence-corrected chi connectivity index (χ0v) is 9.40. The Morgan fingerprint density at radius 3 is 2.29 bits per heavy atom. The van der Waals surface area contributed by atoms with Crippen molar-refractivity contribution in [3.05, 3.63) is 0 Å². The van der Waals surface area contributed by atoms with Crippen LogP contribution in [0.4, 0.5) is 13.2 Å². The fourth-order valence-electron chi connectivity index (χ4n) is 1.38. The van der Waals surface area contributed by atoms with Crippen LogP contribution in [0.15, 0.2) is 0 Å². The van der Waals surface area contributed by atoms with Gasteiger partial charge in [0.1, 0.15) is 6.10 Å². The van der Waals surface area contributed by atoms with E-state index in [-0.39, 0.29) is 0 Å². The summed E-state index contributed by atoms with van der Waals surface area (Å²) in [5, 5.41) is 18.4. The lowest BCUT2D eigenvalue weighted by Crippen LogP contribution is -2.50. The summed E-state index contributed by atoms with van der Waals surface area (Å²) < 4.78 is 66.1. The Morgan fingerprint density at radius 1 is 1.35 bits per heavy atom. The van der Waals surface area contributed by atoms with Gasteiger partial charge in [0, 0.05) is 6.42 Å². The molecule has 1 heterocycles. The first-order chi connectivity index (χ1) is 7.54. The van der Waals surface area contributed by atoms with Crippen molar-refractivity contribution >= 4 is 10.1 Å². The quantitative estimate of drug-likeness (QED) is 0.533. The number of ether oxygens (including phenoxy) is 1. The average molecular weight is 280 g/mol. The third-order valence-corrected chi connectivity index (χ3v) is 3.22. The molecule has 2 N–H and O–H groups in total. The summed E-state index contributed by atoms with van der Waals surface area (Å²) in [6.45, 7) is 1.18. The molecule has 1 aliphatic heterocycles. The third kappa shape index (κ3) is 3.28. The second kappa shape index (κ2) is 4.69. The predicted molar refractivity (Wildman–Crippen MR) is 47.0 cm³/mol. The van der Waals surface area contributed by atoms with Gasteiger partial charge in [-0.25, -0.2) is 0 Å². The van der Waals surface area contributed by atoms with E-state index < -0.39 is 46.6 Å². The van der Waals surface area contributed by atoms with Crippen LogP contribution >= 0.6 is 0 Å². The Hall–Kier alpha value is -0.420. The van der Waals surface area contributed by atoms with Crippen molar-refractivity contribution < 1.29 is 40.7 Å². The van der Waals surface area contributed by atoms with Crippen LogP contribution < -0.4 is 0 Å². The van der Waals surface area contributed by atoms with Gasteiger partial charge in [0.2, 0.25) is 0 Å². The van der Waals surface area contributed by atoms with Gasteiger partial charge in [-0.15, -0.1) is 0 Å². The fourth-order valence-corrected chi connectivity index (χ4v) is 2.06. The van der Waals surface area contributed by atoms with Crippen molar-refractivity contribution in [2.45, 2.75) is 43.5 Å². The monoisotopic (exact) mass is 280 g/mol. The van der Waals surface area contributed by atoms with Crippen molar-refractivity contribution in [1.29, 1.82) is 0 Å². The van der Waals surface area contributed by atoms with Gasteiger partial charge in [-0.1, -0.05) is 0 Å². The summed E-state index contributed by atoms with van der Waals surface area (Å²) in [6.07, 6.45) is -6.25. The molecular formula is C7H11F3O6S. The molecule has 0 radical (unpaired) electrons. The maximum Gasteiger partial charge on any atom is 0.523 e. The molecule has 0 saturated carbocycles. The van der Waals surface area contributed by atoms with E-state index in [1.807, 2.05) is 0 Å². The van der Waals surface area contributed by atoms with E-state index in [9.17, 15) is 26.7 Å². The molecule has 6 nitrogen and oxygen atoms in total. The second-order valence-electron chi connectivity index (χ2n) is 3.56. The van der Waals surface area contributed by atoms with Gasteiger partial charge in [0.25, 0.3) is 0 Å². The highest BCUT2D eigenvalue weighted by Gasteiger charge is 2.51. The van der Waals surface area contributed by atoms with Gasteiger partial charge in [-0.2, -0.15) is 21.6 Å². The number of aliphatic hydroxyl groups is 2. The Bertz CT molecular complexity index is 354. The number of halogens is 3. The lowest BCUT2D eigenvalue weighted by Gasteiger charge is -2.35. The van der Waals surface area contributed by atoms with Crippen LogP contribution in [0.1, 0.15) is 13.3 Å². The molecular weight excluding hydrogens is 269 g/mol. The maximum atomic E-state index is 12.0. The van der Waals surface area contributed by atoms with Crippen LogP contribution in [0.2, 0.25) is 0 Å². The van der Waals surface area contributed by atoms with Gasteiger partial charge in [0.05, 0.1) is 12.2 Å². The van der Waals surface area contributed by atoms with Crippen LogP contribution in [-0.4, -0.2) is 48.7 Å². The topological polar surface area (TPSA) is 93.1 Å². The number of hydrogen-bond acceptors (Lipinski definition) is 6. The van der Waals surface area contributed by atoms with Gasteiger partial charge in [0.15, 0.2) is 6.29 Å². The van der Waals surface area contributed by atoms with Crippen molar-refractivity contribution in [2.24, 2.45) is 0 Å². The minimum Gasteiger partial charge on any atom is -0.390 e. The summed E-state index contributed by atoms with van der Waals surface area (Å²) in [5.41, 5.74) is -5.57. The van der Waals surface area contributed by atoms with Crippen molar-refractivity contribution in [3.63, 3.8) is 0 Å². The standard InChI is InChI=1S/C7H11F3O6S/c1-3-6(4(11)2-5(12)15-3)16-17(13,14)7(8,9)10/h3-6,11-12H,2H2,1H3/t3-,4+,5-,6+/m1/s1. The molecule has 0 amide bonds. The molecule has 0 bridgehead atoms. The molecule has 1 fully saturated rings. The van der Waals surface area contributed by atoms with Crippen molar-refractivity contribution in [3.8, 4) is 0 Å². The Morgan fingerprint density at radius 2 is 1.88 bits per heavy atom. The minimum atomic E-state index is -5.80. The largest absolute Gasteiger partial charge is 0.523 e. The van der Waals surface area contributed by atoms with Gasteiger partial charge in [-0.3, -0.25) is 4.18 Å². The van der Waals surface area contributed by atoms with E-state index >= 15 is 0 Å². The molecule has 0 aliphatic carbocycles. The number of aliphatic hydroxyl groups excluding tert-OH is 2. The molecule has 4 atom stereocenters. The van der Waals surface area contributed by atoms with E-state index in [2.05, 4.69) is 8.92 Å². The molecule has 0 aromatic heterocycles. The smallest absolute Gasteiger partial charge is 0.390 e.